The minimum atomic E-state index is -1.13. The van der Waals surface area contributed by atoms with E-state index < -0.39 is 59.1 Å². The number of fused-ring (bicyclic) bond motifs is 4. The second-order valence-corrected chi connectivity index (χ2v) is 8.73. The molecule has 2 aliphatic carbocycles. The van der Waals surface area contributed by atoms with Gasteiger partial charge >= 0.3 is 17.9 Å². The highest BCUT2D eigenvalue weighted by molar-refractivity contribution is 5.89. The van der Waals surface area contributed by atoms with Crippen molar-refractivity contribution in [2.45, 2.75) is 51.3 Å². The number of aliphatic hydroxyl groups is 1. The van der Waals surface area contributed by atoms with Crippen LogP contribution in [-0.2, 0) is 33.3 Å². The van der Waals surface area contributed by atoms with Crippen LogP contribution < -0.4 is 0 Å². The lowest BCUT2D eigenvalue weighted by Crippen LogP contribution is -2.60. The molecular weight excluding hydrogens is 368 g/mol. The third-order valence-electron chi connectivity index (χ3n) is 7.42. The van der Waals surface area contributed by atoms with Gasteiger partial charge in [0.25, 0.3) is 0 Å². The Bertz CT molecular complexity index is 873. The van der Waals surface area contributed by atoms with E-state index >= 15 is 0 Å². The highest BCUT2D eigenvalue weighted by Gasteiger charge is 2.79. The SMILES string of the molecule is COC(=O)C(C)C1OC(=O)C=C2C1=CC1OC(=O)C3(C)C(O)C4OC4C2(C)C13. The standard InChI is InChI=1S/C20H22O8/c1-7(17(23)25-4)12-8-5-10-14-19(2,9(8)6-11(21)27-12)16-13(28-16)15(22)20(14,3)18(24)26-10/h5-7,10,12-16,22H,1-4H3. The first-order valence-electron chi connectivity index (χ1n) is 9.43. The number of methoxy groups -OCH3 is 1. The van der Waals surface area contributed by atoms with Crippen LogP contribution in [0.15, 0.2) is 23.3 Å². The predicted molar refractivity (Wildman–Crippen MR) is 91.5 cm³/mol. The molecule has 3 aliphatic heterocycles. The maximum absolute atomic E-state index is 12.8. The summed E-state index contributed by atoms with van der Waals surface area (Å²) in [7, 11) is 1.28. The van der Waals surface area contributed by atoms with Crippen molar-refractivity contribution in [2.24, 2.45) is 22.7 Å². The van der Waals surface area contributed by atoms with E-state index in [2.05, 4.69) is 0 Å². The van der Waals surface area contributed by atoms with Crippen LogP contribution in [0.4, 0.5) is 0 Å². The molecule has 8 nitrogen and oxygen atoms in total. The molecule has 2 saturated heterocycles. The molecule has 5 aliphatic rings. The number of cyclic esters (lactones) is 1. The summed E-state index contributed by atoms with van der Waals surface area (Å²) in [6, 6.07) is 0. The molecule has 3 fully saturated rings. The topological polar surface area (TPSA) is 112 Å². The number of hydrogen-bond acceptors (Lipinski definition) is 8. The molecule has 0 radical (unpaired) electrons. The van der Waals surface area contributed by atoms with E-state index in [1.54, 1.807) is 19.9 Å². The molecule has 28 heavy (non-hydrogen) atoms. The first kappa shape index (κ1) is 17.9. The van der Waals surface area contributed by atoms with Crippen molar-refractivity contribution in [3.05, 3.63) is 23.3 Å². The molecule has 0 aromatic heterocycles. The number of rotatable bonds is 2. The molecule has 1 saturated carbocycles. The van der Waals surface area contributed by atoms with Gasteiger partial charge in [-0.25, -0.2) is 4.79 Å². The molecular formula is C20H22O8. The lowest BCUT2D eigenvalue weighted by atomic mass is 9.48. The molecule has 9 atom stereocenters. The van der Waals surface area contributed by atoms with Crippen LogP contribution in [0.25, 0.3) is 0 Å². The number of aliphatic hydroxyl groups excluding tert-OH is 1. The molecule has 8 heteroatoms. The van der Waals surface area contributed by atoms with Gasteiger partial charge in [0, 0.05) is 17.4 Å². The van der Waals surface area contributed by atoms with E-state index in [1.165, 1.54) is 13.2 Å². The monoisotopic (exact) mass is 390 g/mol. The summed E-state index contributed by atoms with van der Waals surface area (Å²) in [5.74, 6) is -2.64. The molecule has 9 unspecified atom stereocenters. The largest absolute Gasteiger partial charge is 0.469 e. The fraction of sp³-hybridized carbons (Fsp3) is 0.650. The molecule has 0 bridgehead atoms. The van der Waals surface area contributed by atoms with Gasteiger partial charge in [0.05, 0.1) is 25.2 Å². The molecule has 0 aromatic rings. The van der Waals surface area contributed by atoms with E-state index in [9.17, 15) is 19.5 Å². The van der Waals surface area contributed by atoms with Crippen LogP contribution in [0.1, 0.15) is 20.8 Å². The van der Waals surface area contributed by atoms with Gasteiger partial charge in [-0.05, 0) is 31.1 Å². The third kappa shape index (κ3) is 1.85. The average molecular weight is 390 g/mol. The number of hydrogen-bond donors (Lipinski definition) is 1. The molecule has 5 rings (SSSR count). The van der Waals surface area contributed by atoms with Gasteiger partial charge in [0.1, 0.15) is 23.7 Å². The lowest BCUT2D eigenvalue weighted by molar-refractivity contribution is -0.155. The van der Waals surface area contributed by atoms with Gasteiger partial charge in [-0.3, -0.25) is 9.59 Å². The van der Waals surface area contributed by atoms with Gasteiger partial charge in [-0.2, -0.15) is 0 Å². The van der Waals surface area contributed by atoms with Gasteiger partial charge < -0.3 is 24.1 Å². The Morgan fingerprint density at radius 1 is 1.25 bits per heavy atom. The zero-order valence-corrected chi connectivity index (χ0v) is 16.0. The van der Waals surface area contributed by atoms with Crippen LogP contribution in [0, 0.1) is 22.7 Å². The van der Waals surface area contributed by atoms with Crippen molar-refractivity contribution in [1.82, 2.24) is 0 Å². The zero-order chi connectivity index (χ0) is 20.2. The van der Waals surface area contributed by atoms with E-state index in [0.717, 1.165) is 0 Å². The second kappa shape index (κ2) is 5.24. The maximum atomic E-state index is 12.8. The quantitative estimate of drug-likeness (QED) is 0.407. The van der Waals surface area contributed by atoms with Crippen LogP contribution in [-0.4, -0.2) is 60.6 Å². The van der Waals surface area contributed by atoms with Crippen molar-refractivity contribution >= 4 is 17.9 Å². The minimum absolute atomic E-state index is 0.340. The van der Waals surface area contributed by atoms with Crippen LogP contribution in [0.5, 0.6) is 0 Å². The summed E-state index contributed by atoms with van der Waals surface area (Å²) in [6.45, 7) is 5.28. The van der Waals surface area contributed by atoms with E-state index in [1.807, 2.05) is 6.92 Å². The van der Waals surface area contributed by atoms with Gasteiger partial charge in [0.15, 0.2) is 0 Å². The molecule has 1 N–H and O–H groups in total. The summed E-state index contributed by atoms with van der Waals surface area (Å²) in [5.41, 5.74) is -0.531. The number of epoxide rings is 1. The number of esters is 3. The Hall–Kier alpha value is -2.19. The number of carbonyl (C=O) groups is 3. The second-order valence-electron chi connectivity index (χ2n) is 8.73. The maximum Gasteiger partial charge on any atom is 0.331 e. The summed E-state index contributed by atoms with van der Waals surface area (Å²) in [6.07, 6.45) is -0.0649. The number of carbonyl (C=O) groups excluding carboxylic acids is 3. The Labute approximate surface area is 161 Å². The van der Waals surface area contributed by atoms with Crippen LogP contribution in [0.3, 0.4) is 0 Å². The van der Waals surface area contributed by atoms with Gasteiger partial charge in [0.2, 0.25) is 0 Å². The summed E-state index contributed by atoms with van der Waals surface area (Å²) in [4.78, 5) is 37.3. The molecule has 0 aromatic carbocycles. The Balaban J connectivity index is 1.69. The third-order valence-corrected chi connectivity index (χ3v) is 7.42. The van der Waals surface area contributed by atoms with Crippen molar-refractivity contribution in [2.75, 3.05) is 7.11 Å². The Morgan fingerprint density at radius 3 is 2.64 bits per heavy atom. The average Bonchev–Trinajstić information content (AvgIpc) is 3.42. The van der Waals surface area contributed by atoms with E-state index in [4.69, 9.17) is 18.9 Å². The normalized spacial score (nSPS) is 48.8. The molecule has 0 amide bonds. The summed E-state index contributed by atoms with van der Waals surface area (Å²) in [5, 5.41) is 10.8. The fourth-order valence-electron chi connectivity index (χ4n) is 5.96. The van der Waals surface area contributed by atoms with Crippen molar-refractivity contribution in [3.63, 3.8) is 0 Å². The van der Waals surface area contributed by atoms with Crippen LogP contribution >= 0.6 is 0 Å². The zero-order valence-electron chi connectivity index (χ0n) is 16.0. The lowest BCUT2D eigenvalue weighted by Gasteiger charge is -2.52. The van der Waals surface area contributed by atoms with E-state index in [-0.39, 0.29) is 12.0 Å². The summed E-state index contributed by atoms with van der Waals surface area (Å²) >= 11 is 0. The predicted octanol–water partition coefficient (Wildman–Crippen LogP) is 0.283. The van der Waals surface area contributed by atoms with Gasteiger partial charge in [-0.15, -0.1) is 0 Å². The minimum Gasteiger partial charge on any atom is -0.469 e. The Kier molecular flexibility index (Phi) is 3.35. The highest BCUT2D eigenvalue weighted by Crippen LogP contribution is 2.69. The molecule has 150 valence electrons. The summed E-state index contributed by atoms with van der Waals surface area (Å²) < 4.78 is 21.8. The van der Waals surface area contributed by atoms with Crippen molar-refractivity contribution in [1.29, 1.82) is 0 Å². The first-order valence-corrected chi connectivity index (χ1v) is 9.43. The Morgan fingerprint density at radius 2 is 1.96 bits per heavy atom. The number of ether oxygens (including phenoxy) is 4. The first-order chi connectivity index (χ1) is 13.1. The smallest absolute Gasteiger partial charge is 0.331 e. The fourth-order valence-corrected chi connectivity index (χ4v) is 5.96. The van der Waals surface area contributed by atoms with Crippen molar-refractivity contribution < 1.29 is 38.4 Å². The van der Waals surface area contributed by atoms with Gasteiger partial charge in [-0.1, -0.05) is 6.92 Å². The van der Waals surface area contributed by atoms with E-state index in [0.29, 0.717) is 11.1 Å². The highest BCUT2D eigenvalue weighted by atomic mass is 16.6. The molecule has 0 spiro atoms. The van der Waals surface area contributed by atoms with Crippen LogP contribution in [0.2, 0.25) is 0 Å². The molecule has 3 heterocycles. The van der Waals surface area contributed by atoms with Crippen molar-refractivity contribution in [3.8, 4) is 0 Å².